The third-order valence-corrected chi connectivity index (χ3v) is 4.77. The lowest BCUT2D eigenvalue weighted by molar-refractivity contribution is -0.131. The van der Waals surface area contributed by atoms with E-state index in [0.29, 0.717) is 30.8 Å². The third kappa shape index (κ3) is 6.44. The van der Waals surface area contributed by atoms with E-state index < -0.39 is 0 Å². The van der Waals surface area contributed by atoms with Crippen LogP contribution in [0.15, 0.2) is 48.5 Å². The average Bonchev–Trinajstić information content (AvgIpc) is 2.76. The predicted octanol–water partition coefficient (Wildman–Crippen LogP) is 3.80. The Balaban J connectivity index is 1.91. The van der Waals surface area contributed by atoms with Crippen molar-refractivity contribution in [2.24, 2.45) is 0 Å². The van der Waals surface area contributed by atoms with Gasteiger partial charge in [0.1, 0.15) is 5.75 Å². The van der Waals surface area contributed by atoms with Crippen molar-refractivity contribution in [1.29, 1.82) is 0 Å². The van der Waals surface area contributed by atoms with Gasteiger partial charge in [0.15, 0.2) is 5.78 Å². The van der Waals surface area contributed by atoms with E-state index in [1.807, 2.05) is 26.0 Å². The summed E-state index contributed by atoms with van der Waals surface area (Å²) in [6.45, 7) is 5.39. The second kappa shape index (κ2) is 11.1. The summed E-state index contributed by atoms with van der Waals surface area (Å²) >= 11 is 0. The zero-order valence-electron chi connectivity index (χ0n) is 18.2. The number of ether oxygens (including phenoxy) is 1. The molecule has 2 aromatic rings. The van der Waals surface area contributed by atoms with Crippen LogP contribution in [0, 0.1) is 0 Å². The monoisotopic (exact) mass is 410 g/mol. The lowest BCUT2D eigenvalue weighted by Crippen LogP contribution is -2.30. The summed E-state index contributed by atoms with van der Waals surface area (Å²) in [7, 11) is 3.42. The number of amides is 2. The lowest BCUT2D eigenvalue weighted by atomic mass is 10.1. The molecule has 2 amide bonds. The second-order valence-corrected chi connectivity index (χ2v) is 7.18. The largest absolute Gasteiger partial charge is 0.494 e. The minimum Gasteiger partial charge on any atom is -0.494 e. The van der Waals surface area contributed by atoms with E-state index in [9.17, 15) is 14.4 Å². The average molecular weight is 411 g/mol. The smallest absolute Gasteiger partial charge is 0.253 e. The highest BCUT2D eigenvalue weighted by Gasteiger charge is 2.16. The number of benzene rings is 2. The van der Waals surface area contributed by atoms with Gasteiger partial charge in [-0.2, -0.15) is 0 Å². The van der Waals surface area contributed by atoms with E-state index in [0.717, 1.165) is 11.3 Å². The first kappa shape index (κ1) is 23.1. The molecule has 0 unspecified atom stereocenters. The second-order valence-electron chi connectivity index (χ2n) is 7.18. The van der Waals surface area contributed by atoms with Gasteiger partial charge in [0.2, 0.25) is 5.91 Å². The van der Waals surface area contributed by atoms with Gasteiger partial charge in [-0.15, -0.1) is 0 Å². The van der Waals surface area contributed by atoms with Gasteiger partial charge in [-0.05, 0) is 55.8 Å². The molecule has 0 atom stereocenters. The van der Waals surface area contributed by atoms with Crippen LogP contribution in [0.2, 0.25) is 0 Å². The normalized spacial score (nSPS) is 10.4. The Bertz CT molecular complexity index is 858. The summed E-state index contributed by atoms with van der Waals surface area (Å²) in [4.78, 5) is 40.2. The molecule has 30 heavy (non-hydrogen) atoms. The Kier molecular flexibility index (Phi) is 8.59. The molecule has 2 aromatic carbocycles. The summed E-state index contributed by atoms with van der Waals surface area (Å²) < 4.78 is 5.38. The number of carbonyl (C=O) groups is 3. The van der Waals surface area contributed by atoms with E-state index in [-0.39, 0.29) is 30.4 Å². The fourth-order valence-electron chi connectivity index (χ4n) is 3.03. The van der Waals surface area contributed by atoms with Gasteiger partial charge in [0.05, 0.1) is 6.61 Å². The zero-order chi connectivity index (χ0) is 22.1. The molecule has 0 saturated heterocycles. The van der Waals surface area contributed by atoms with Crippen molar-refractivity contribution in [3.8, 4) is 5.75 Å². The Morgan fingerprint density at radius 2 is 1.43 bits per heavy atom. The van der Waals surface area contributed by atoms with E-state index in [4.69, 9.17) is 4.74 Å². The molecule has 6 nitrogen and oxygen atoms in total. The van der Waals surface area contributed by atoms with E-state index in [2.05, 4.69) is 0 Å². The molecule has 0 aliphatic heterocycles. The molecule has 0 fully saturated rings. The maximum atomic E-state index is 12.6. The van der Waals surface area contributed by atoms with E-state index >= 15 is 0 Å². The maximum absolute atomic E-state index is 12.6. The van der Waals surface area contributed by atoms with Crippen molar-refractivity contribution >= 4 is 17.6 Å². The van der Waals surface area contributed by atoms with Crippen molar-refractivity contribution in [2.75, 3.05) is 27.2 Å². The Hall–Kier alpha value is -3.15. The van der Waals surface area contributed by atoms with Crippen LogP contribution in [0.5, 0.6) is 5.75 Å². The highest BCUT2D eigenvalue weighted by Crippen LogP contribution is 2.15. The fourth-order valence-corrected chi connectivity index (χ4v) is 3.03. The van der Waals surface area contributed by atoms with Crippen LogP contribution in [0.3, 0.4) is 0 Å². The molecule has 0 bridgehead atoms. The maximum Gasteiger partial charge on any atom is 0.253 e. The summed E-state index contributed by atoms with van der Waals surface area (Å²) in [6, 6.07) is 14.2. The summed E-state index contributed by atoms with van der Waals surface area (Å²) in [5.41, 5.74) is 2.13. The molecule has 0 spiro atoms. The first-order chi connectivity index (χ1) is 14.3. The van der Waals surface area contributed by atoms with Crippen LogP contribution >= 0.6 is 0 Å². The van der Waals surface area contributed by atoms with Crippen LogP contribution in [-0.2, 0) is 11.3 Å². The highest BCUT2D eigenvalue weighted by molar-refractivity contribution is 5.98. The van der Waals surface area contributed by atoms with Crippen LogP contribution < -0.4 is 4.74 Å². The molecular weight excluding hydrogens is 380 g/mol. The third-order valence-electron chi connectivity index (χ3n) is 4.77. The molecule has 0 radical (unpaired) electrons. The van der Waals surface area contributed by atoms with E-state index in [1.54, 1.807) is 55.4 Å². The van der Waals surface area contributed by atoms with Crippen LogP contribution in [-0.4, -0.2) is 54.6 Å². The molecule has 160 valence electrons. The van der Waals surface area contributed by atoms with Gasteiger partial charge in [-0.1, -0.05) is 12.1 Å². The Morgan fingerprint density at radius 3 is 1.97 bits per heavy atom. The SMILES string of the molecule is CCOc1ccc(C(=O)CCC(=O)N(CC)Cc2ccc(C(=O)N(C)C)cc2)cc1. The first-order valence-electron chi connectivity index (χ1n) is 10.2. The molecule has 0 aliphatic rings. The Labute approximate surface area is 178 Å². The standard InChI is InChI=1S/C24H30N2O4/c1-5-26(17-18-7-9-20(10-8-18)24(29)25(3)4)23(28)16-15-22(27)19-11-13-21(14-12-19)30-6-2/h7-14H,5-6,15-17H2,1-4H3. The summed E-state index contributed by atoms with van der Waals surface area (Å²) in [5, 5.41) is 0. The van der Waals surface area contributed by atoms with Crippen molar-refractivity contribution in [1.82, 2.24) is 9.80 Å². The van der Waals surface area contributed by atoms with E-state index in [1.165, 1.54) is 4.90 Å². The van der Waals surface area contributed by atoms with Gasteiger partial charge < -0.3 is 14.5 Å². The summed E-state index contributed by atoms with van der Waals surface area (Å²) in [6.07, 6.45) is 0.330. The van der Waals surface area contributed by atoms with Crippen molar-refractivity contribution < 1.29 is 19.1 Å². The van der Waals surface area contributed by atoms with Gasteiger partial charge >= 0.3 is 0 Å². The molecule has 2 rings (SSSR count). The zero-order valence-corrected chi connectivity index (χ0v) is 18.2. The number of nitrogens with zero attached hydrogens (tertiary/aromatic N) is 2. The number of ketones is 1. The van der Waals surface area contributed by atoms with Crippen molar-refractivity contribution in [3.63, 3.8) is 0 Å². The van der Waals surface area contributed by atoms with Gasteiger partial charge in [0, 0.05) is 51.2 Å². The van der Waals surface area contributed by atoms with Crippen LogP contribution in [0.4, 0.5) is 0 Å². The molecule has 6 heteroatoms. The highest BCUT2D eigenvalue weighted by atomic mass is 16.5. The van der Waals surface area contributed by atoms with Crippen molar-refractivity contribution in [3.05, 3.63) is 65.2 Å². The molecule has 0 aliphatic carbocycles. The number of carbonyl (C=O) groups excluding carboxylic acids is 3. The lowest BCUT2D eigenvalue weighted by Gasteiger charge is -2.21. The number of hydrogen-bond donors (Lipinski definition) is 0. The molecular formula is C24H30N2O4. The number of rotatable bonds is 10. The Morgan fingerprint density at radius 1 is 0.833 bits per heavy atom. The van der Waals surface area contributed by atoms with Gasteiger partial charge in [0.25, 0.3) is 5.91 Å². The number of Topliss-reactive ketones (excluding diaryl/α,β-unsaturated/α-hetero) is 1. The molecule has 0 heterocycles. The topological polar surface area (TPSA) is 66.9 Å². The number of hydrogen-bond acceptors (Lipinski definition) is 4. The first-order valence-corrected chi connectivity index (χ1v) is 10.2. The molecule has 0 aromatic heterocycles. The minimum absolute atomic E-state index is 0.0576. The van der Waals surface area contributed by atoms with Gasteiger partial charge in [-0.3, -0.25) is 14.4 Å². The van der Waals surface area contributed by atoms with Crippen LogP contribution in [0.1, 0.15) is 53.0 Å². The predicted molar refractivity (Wildman–Crippen MR) is 117 cm³/mol. The van der Waals surface area contributed by atoms with Gasteiger partial charge in [-0.25, -0.2) is 0 Å². The summed E-state index contributed by atoms with van der Waals surface area (Å²) in [5.74, 6) is 0.539. The molecule has 0 N–H and O–H groups in total. The van der Waals surface area contributed by atoms with Crippen LogP contribution in [0.25, 0.3) is 0 Å². The van der Waals surface area contributed by atoms with Crippen molar-refractivity contribution in [2.45, 2.75) is 33.2 Å². The molecule has 0 saturated carbocycles. The fraction of sp³-hybridized carbons (Fsp3) is 0.375. The quantitative estimate of drug-likeness (QED) is 0.559. The minimum atomic E-state index is -0.0646.